The van der Waals surface area contributed by atoms with Crippen molar-refractivity contribution in [2.45, 2.75) is 43.7 Å². The second kappa shape index (κ2) is 8.75. The summed E-state index contributed by atoms with van der Waals surface area (Å²) >= 11 is 0. The average Bonchev–Trinajstić information content (AvgIpc) is 3.55. The van der Waals surface area contributed by atoms with E-state index in [9.17, 15) is 14.3 Å². The fraction of sp³-hybridized carbons (Fsp3) is 0.385. The summed E-state index contributed by atoms with van der Waals surface area (Å²) in [5.74, 6) is -0.348. The standard InChI is InChI=1S/C26H26FN3O5/c27-17-9-18-19(10-22(29-18)35-21-12-34-24-20(31)11-33-25(21)24)30-23(17)15-5-1-13(2-6-15)14-3-7-16(8-4-14)26(28)32/h1-3,5-6,9-10,16,20-21,24-25,29,31H,4,7-8,11-12H2,(H2,28,32)/t16?,20-,21-,24-,25-/m1/s1. The first-order chi connectivity index (χ1) is 17.0. The fourth-order valence-electron chi connectivity index (χ4n) is 5.18. The van der Waals surface area contributed by atoms with Gasteiger partial charge >= 0.3 is 0 Å². The summed E-state index contributed by atoms with van der Waals surface area (Å²) in [6.07, 6.45) is 2.51. The molecule has 3 aromatic rings. The zero-order valence-electron chi connectivity index (χ0n) is 18.9. The van der Waals surface area contributed by atoms with Gasteiger partial charge < -0.3 is 30.0 Å². The summed E-state index contributed by atoms with van der Waals surface area (Å²) in [5.41, 5.74) is 9.66. The third-order valence-electron chi connectivity index (χ3n) is 7.13. The van der Waals surface area contributed by atoms with Crippen LogP contribution in [0.1, 0.15) is 24.8 Å². The number of rotatable bonds is 5. The average molecular weight is 480 g/mol. The number of H-pyrrole nitrogens is 1. The molecule has 9 heteroatoms. The van der Waals surface area contributed by atoms with Crippen molar-refractivity contribution in [1.29, 1.82) is 0 Å². The molecule has 4 N–H and O–H groups in total. The minimum Gasteiger partial charge on any atom is -0.470 e. The molecule has 0 saturated carbocycles. The lowest BCUT2D eigenvalue weighted by Gasteiger charge is -2.19. The largest absolute Gasteiger partial charge is 0.470 e. The van der Waals surface area contributed by atoms with Crippen molar-refractivity contribution in [2.24, 2.45) is 11.7 Å². The van der Waals surface area contributed by atoms with Crippen LogP contribution >= 0.6 is 0 Å². The van der Waals surface area contributed by atoms with Crippen molar-refractivity contribution in [1.82, 2.24) is 9.97 Å². The first kappa shape index (κ1) is 22.2. The number of hydrogen-bond acceptors (Lipinski definition) is 6. The molecule has 1 amide bonds. The lowest BCUT2D eigenvalue weighted by atomic mass is 9.86. The summed E-state index contributed by atoms with van der Waals surface area (Å²) in [5, 5.41) is 9.90. The number of fused-ring (bicyclic) bond motifs is 2. The number of pyridine rings is 1. The van der Waals surface area contributed by atoms with Crippen LogP contribution in [-0.2, 0) is 14.3 Å². The second-order valence-corrected chi connectivity index (χ2v) is 9.39. The molecule has 4 heterocycles. The van der Waals surface area contributed by atoms with E-state index in [0.717, 1.165) is 18.4 Å². The van der Waals surface area contributed by atoms with Crippen molar-refractivity contribution in [3.05, 3.63) is 53.9 Å². The topological polar surface area (TPSA) is 120 Å². The number of aliphatic hydroxyl groups is 1. The van der Waals surface area contributed by atoms with E-state index in [-0.39, 0.29) is 42.4 Å². The number of allylic oxidation sites excluding steroid dienone is 2. The van der Waals surface area contributed by atoms with Gasteiger partial charge in [0.15, 0.2) is 17.8 Å². The Labute approximate surface area is 200 Å². The van der Waals surface area contributed by atoms with Crippen molar-refractivity contribution in [3.8, 4) is 17.1 Å². The Bertz CT molecular complexity index is 1300. The molecule has 35 heavy (non-hydrogen) atoms. The molecule has 2 aromatic heterocycles. The molecule has 8 nitrogen and oxygen atoms in total. The summed E-state index contributed by atoms with van der Waals surface area (Å²) in [6.45, 7) is 0.531. The van der Waals surface area contributed by atoms with Gasteiger partial charge in [0.1, 0.15) is 24.0 Å². The predicted molar refractivity (Wildman–Crippen MR) is 126 cm³/mol. The minimum atomic E-state index is -0.650. The van der Waals surface area contributed by atoms with Gasteiger partial charge in [-0.1, -0.05) is 30.3 Å². The zero-order chi connectivity index (χ0) is 24.1. The lowest BCUT2D eigenvalue weighted by molar-refractivity contribution is -0.121. The molecule has 182 valence electrons. The highest BCUT2D eigenvalue weighted by molar-refractivity contribution is 5.82. The summed E-state index contributed by atoms with van der Waals surface area (Å²) in [4.78, 5) is 19.0. The molecule has 2 aliphatic heterocycles. The van der Waals surface area contributed by atoms with Crippen LogP contribution in [0.2, 0.25) is 0 Å². The number of nitrogens with two attached hydrogens (primary N) is 1. The number of carbonyl (C=O) groups is 1. The van der Waals surface area contributed by atoms with Crippen LogP contribution in [0.5, 0.6) is 5.88 Å². The van der Waals surface area contributed by atoms with Gasteiger partial charge in [0.05, 0.1) is 24.2 Å². The number of carbonyl (C=O) groups excluding carboxylic acids is 1. The van der Waals surface area contributed by atoms with E-state index in [1.807, 2.05) is 24.3 Å². The van der Waals surface area contributed by atoms with Crippen LogP contribution in [0, 0.1) is 11.7 Å². The van der Waals surface area contributed by atoms with Gasteiger partial charge in [-0.25, -0.2) is 9.37 Å². The lowest BCUT2D eigenvalue weighted by Crippen LogP contribution is -2.34. The van der Waals surface area contributed by atoms with Crippen LogP contribution < -0.4 is 10.5 Å². The molecular weight excluding hydrogens is 453 g/mol. The highest BCUT2D eigenvalue weighted by Gasteiger charge is 2.48. The van der Waals surface area contributed by atoms with Crippen LogP contribution in [0.3, 0.4) is 0 Å². The van der Waals surface area contributed by atoms with Crippen LogP contribution in [0.25, 0.3) is 27.9 Å². The minimum absolute atomic E-state index is 0.0989. The van der Waals surface area contributed by atoms with E-state index >= 15 is 0 Å². The molecule has 1 unspecified atom stereocenters. The van der Waals surface area contributed by atoms with Crippen molar-refractivity contribution in [2.75, 3.05) is 13.2 Å². The number of aromatic amines is 1. The number of benzene rings is 1. The number of halogens is 1. The maximum Gasteiger partial charge on any atom is 0.220 e. The Kier molecular flexibility index (Phi) is 5.55. The van der Waals surface area contributed by atoms with Gasteiger partial charge in [0.2, 0.25) is 5.91 Å². The van der Waals surface area contributed by atoms with Gasteiger partial charge in [0.25, 0.3) is 0 Å². The highest BCUT2D eigenvalue weighted by atomic mass is 19.1. The maximum absolute atomic E-state index is 15.0. The molecular formula is C26H26FN3O5. The highest BCUT2D eigenvalue weighted by Crippen LogP contribution is 2.34. The van der Waals surface area contributed by atoms with Gasteiger partial charge in [-0.05, 0) is 30.4 Å². The van der Waals surface area contributed by atoms with Gasteiger partial charge in [-0.2, -0.15) is 0 Å². The number of aliphatic hydroxyl groups excluding tert-OH is 1. The number of hydrogen-bond donors (Lipinski definition) is 3. The summed E-state index contributed by atoms with van der Waals surface area (Å²) < 4.78 is 32.2. The Morgan fingerprint density at radius 3 is 2.66 bits per heavy atom. The van der Waals surface area contributed by atoms with Gasteiger partial charge in [-0.15, -0.1) is 0 Å². The summed E-state index contributed by atoms with van der Waals surface area (Å²) in [6, 6.07) is 10.8. The third kappa shape index (κ3) is 4.09. The van der Waals surface area contributed by atoms with E-state index < -0.39 is 11.9 Å². The SMILES string of the molecule is NC(=O)C1CC=C(c2ccc(-c3nc4cc(O[C@@H]5CO[C@H]6[C@@H]5OC[C@H]6O)[nH]c4cc3F)cc2)CC1. The van der Waals surface area contributed by atoms with E-state index in [2.05, 4.69) is 16.0 Å². The number of amides is 1. The molecule has 2 fully saturated rings. The monoisotopic (exact) mass is 479 g/mol. The molecule has 1 aliphatic carbocycles. The number of nitrogens with one attached hydrogen (secondary N) is 1. The quantitative estimate of drug-likeness (QED) is 0.518. The Balaban J connectivity index is 1.21. The van der Waals surface area contributed by atoms with Crippen LogP contribution in [-0.4, -0.2) is 58.6 Å². The molecule has 1 aromatic carbocycles. The number of nitrogens with zero attached hydrogens (tertiary/aromatic N) is 1. The molecule has 3 aliphatic rings. The second-order valence-electron chi connectivity index (χ2n) is 9.39. The zero-order valence-corrected chi connectivity index (χ0v) is 18.9. The summed E-state index contributed by atoms with van der Waals surface area (Å²) in [7, 11) is 0. The molecule has 0 radical (unpaired) electrons. The van der Waals surface area contributed by atoms with Gasteiger partial charge in [0, 0.05) is 23.6 Å². The molecule has 5 atom stereocenters. The van der Waals surface area contributed by atoms with E-state index in [1.165, 1.54) is 11.6 Å². The first-order valence-electron chi connectivity index (χ1n) is 11.8. The Morgan fingerprint density at radius 1 is 1.14 bits per heavy atom. The Morgan fingerprint density at radius 2 is 1.91 bits per heavy atom. The number of ether oxygens (including phenoxy) is 3. The molecule has 2 saturated heterocycles. The Hall–Kier alpha value is -3.27. The smallest absolute Gasteiger partial charge is 0.220 e. The third-order valence-corrected chi connectivity index (χ3v) is 7.13. The van der Waals surface area contributed by atoms with E-state index in [0.29, 0.717) is 35.5 Å². The van der Waals surface area contributed by atoms with E-state index in [4.69, 9.17) is 19.9 Å². The first-order valence-corrected chi connectivity index (χ1v) is 11.8. The fourth-order valence-corrected chi connectivity index (χ4v) is 5.18. The van der Waals surface area contributed by atoms with Crippen LogP contribution in [0.4, 0.5) is 4.39 Å². The molecule has 6 rings (SSSR count). The van der Waals surface area contributed by atoms with Crippen molar-refractivity contribution < 1.29 is 28.5 Å². The maximum atomic E-state index is 15.0. The van der Waals surface area contributed by atoms with E-state index in [1.54, 1.807) is 6.07 Å². The van der Waals surface area contributed by atoms with Crippen molar-refractivity contribution >= 4 is 22.5 Å². The molecule has 0 bridgehead atoms. The van der Waals surface area contributed by atoms with Gasteiger partial charge in [-0.3, -0.25) is 4.79 Å². The number of aromatic nitrogens is 2. The number of primary amides is 1. The predicted octanol–water partition coefficient (Wildman–Crippen LogP) is 2.94. The molecule has 0 spiro atoms. The van der Waals surface area contributed by atoms with Crippen LogP contribution in [0.15, 0.2) is 42.5 Å². The normalized spacial score (nSPS) is 28.2. The van der Waals surface area contributed by atoms with Crippen molar-refractivity contribution in [3.63, 3.8) is 0 Å².